The Kier molecular flexibility index (Phi) is 5.59. The van der Waals surface area contributed by atoms with E-state index in [1.54, 1.807) is 40.9 Å². The van der Waals surface area contributed by atoms with Crippen molar-refractivity contribution < 1.29 is 9.53 Å². The highest BCUT2D eigenvalue weighted by atomic mass is 32.2. The highest BCUT2D eigenvalue weighted by Crippen LogP contribution is 2.29. The minimum Gasteiger partial charge on any atom is -0.494 e. The third-order valence-electron chi connectivity index (χ3n) is 3.95. The van der Waals surface area contributed by atoms with Gasteiger partial charge in [0.15, 0.2) is 5.17 Å². The Morgan fingerprint density at radius 2 is 1.96 bits per heavy atom. The molecule has 0 aliphatic carbocycles. The molecule has 1 fully saturated rings. The van der Waals surface area contributed by atoms with Gasteiger partial charge in [-0.2, -0.15) is 5.26 Å². The molecular formula is C20H19N3O2S. The maximum Gasteiger partial charge on any atom is 0.260 e. The van der Waals surface area contributed by atoms with E-state index < -0.39 is 0 Å². The van der Waals surface area contributed by atoms with Gasteiger partial charge >= 0.3 is 0 Å². The van der Waals surface area contributed by atoms with Crippen LogP contribution in [0.2, 0.25) is 0 Å². The van der Waals surface area contributed by atoms with Gasteiger partial charge in [-0.25, -0.2) is 4.99 Å². The molecule has 0 bridgehead atoms. The van der Waals surface area contributed by atoms with Crippen LogP contribution in [-0.4, -0.2) is 34.4 Å². The van der Waals surface area contributed by atoms with Crippen molar-refractivity contribution in [1.82, 2.24) is 4.90 Å². The fourth-order valence-corrected chi connectivity index (χ4v) is 3.73. The number of aliphatic imine (C=N–C) groups is 1. The minimum absolute atomic E-state index is 0.0598. The Bertz CT molecular complexity index is 854. The molecule has 0 spiro atoms. The van der Waals surface area contributed by atoms with Crippen LogP contribution in [0.1, 0.15) is 29.8 Å². The van der Waals surface area contributed by atoms with Gasteiger partial charge < -0.3 is 4.74 Å². The maximum absolute atomic E-state index is 12.9. The molecular weight excluding hydrogens is 346 g/mol. The molecule has 0 radical (unpaired) electrons. The van der Waals surface area contributed by atoms with Crippen molar-refractivity contribution in [3.63, 3.8) is 0 Å². The van der Waals surface area contributed by atoms with Gasteiger partial charge in [0, 0.05) is 17.4 Å². The first-order chi connectivity index (χ1) is 12.6. The Labute approximate surface area is 157 Å². The van der Waals surface area contributed by atoms with Gasteiger partial charge in [0.1, 0.15) is 5.75 Å². The monoisotopic (exact) mass is 365 g/mol. The van der Waals surface area contributed by atoms with Crippen LogP contribution in [-0.2, 0) is 0 Å². The molecule has 0 saturated carbocycles. The molecule has 0 N–H and O–H groups in total. The molecule has 1 saturated heterocycles. The Hall–Kier alpha value is -2.78. The zero-order chi connectivity index (χ0) is 18.5. The fraction of sp³-hybridized carbons (Fsp3) is 0.250. The lowest BCUT2D eigenvalue weighted by atomic mass is 10.1. The summed E-state index contributed by atoms with van der Waals surface area (Å²) in [6.45, 7) is 4.57. The summed E-state index contributed by atoms with van der Waals surface area (Å²) >= 11 is 1.57. The first-order valence-electron chi connectivity index (χ1n) is 8.40. The minimum atomic E-state index is -0.100. The van der Waals surface area contributed by atoms with Gasteiger partial charge in [-0.1, -0.05) is 11.8 Å². The third kappa shape index (κ3) is 3.89. The number of nitrogens with zero attached hydrogens (tertiary/aromatic N) is 3. The van der Waals surface area contributed by atoms with Crippen LogP contribution in [0, 0.1) is 11.3 Å². The Morgan fingerprint density at radius 3 is 2.58 bits per heavy atom. The number of hydrogen-bond acceptors (Lipinski definition) is 5. The zero-order valence-electron chi connectivity index (χ0n) is 14.7. The van der Waals surface area contributed by atoms with Gasteiger partial charge in [-0.3, -0.25) is 9.69 Å². The molecule has 1 atom stereocenters. The Morgan fingerprint density at radius 1 is 1.27 bits per heavy atom. The van der Waals surface area contributed by atoms with Crippen molar-refractivity contribution in [3.8, 4) is 11.8 Å². The summed E-state index contributed by atoms with van der Waals surface area (Å²) in [5.41, 5.74) is 1.87. The Balaban J connectivity index is 1.84. The lowest BCUT2D eigenvalue weighted by Crippen LogP contribution is -2.37. The van der Waals surface area contributed by atoms with Crippen molar-refractivity contribution >= 4 is 28.5 Å². The summed E-state index contributed by atoms with van der Waals surface area (Å²) in [6.07, 6.45) is 0. The lowest BCUT2D eigenvalue weighted by Gasteiger charge is -2.21. The number of ether oxygens (including phenoxy) is 1. The van der Waals surface area contributed by atoms with E-state index in [-0.39, 0.29) is 11.9 Å². The molecule has 3 rings (SSSR count). The molecule has 2 aromatic rings. The van der Waals surface area contributed by atoms with Crippen LogP contribution in [0.3, 0.4) is 0 Å². The van der Waals surface area contributed by atoms with Gasteiger partial charge in [-0.15, -0.1) is 0 Å². The largest absolute Gasteiger partial charge is 0.494 e. The molecule has 0 unspecified atom stereocenters. The molecule has 2 aromatic carbocycles. The van der Waals surface area contributed by atoms with Crippen LogP contribution < -0.4 is 4.74 Å². The van der Waals surface area contributed by atoms with Crippen LogP contribution in [0.15, 0.2) is 53.5 Å². The number of nitriles is 1. The van der Waals surface area contributed by atoms with E-state index in [1.807, 2.05) is 38.1 Å². The van der Waals surface area contributed by atoms with E-state index in [0.717, 1.165) is 17.2 Å². The molecule has 6 heteroatoms. The normalized spacial score (nSPS) is 18.0. The number of thioether (sulfide) groups is 1. The van der Waals surface area contributed by atoms with Crippen LogP contribution >= 0.6 is 11.8 Å². The van der Waals surface area contributed by atoms with E-state index >= 15 is 0 Å². The average molecular weight is 365 g/mol. The van der Waals surface area contributed by atoms with E-state index in [4.69, 9.17) is 10.00 Å². The predicted molar refractivity (Wildman–Crippen MR) is 104 cm³/mol. The van der Waals surface area contributed by atoms with Crippen LogP contribution in [0.5, 0.6) is 5.75 Å². The molecule has 1 amide bonds. The number of rotatable bonds is 4. The number of carbonyl (C=O) groups excluding carboxylic acids is 1. The quantitative estimate of drug-likeness (QED) is 0.813. The number of amidine groups is 1. The number of benzene rings is 2. The van der Waals surface area contributed by atoms with Crippen molar-refractivity contribution in [2.24, 2.45) is 4.99 Å². The van der Waals surface area contributed by atoms with Crippen molar-refractivity contribution in [2.45, 2.75) is 19.9 Å². The summed E-state index contributed by atoms with van der Waals surface area (Å²) in [7, 11) is 0. The van der Waals surface area contributed by atoms with Gasteiger partial charge in [0.2, 0.25) is 0 Å². The number of amides is 1. The van der Waals surface area contributed by atoms with Crippen LogP contribution in [0.25, 0.3) is 0 Å². The predicted octanol–water partition coefficient (Wildman–Crippen LogP) is 4.22. The van der Waals surface area contributed by atoms with Crippen molar-refractivity contribution in [3.05, 3.63) is 59.7 Å². The van der Waals surface area contributed by atoms with E-state index in [9.17, 15) is 4.79 Å². The van der Waals surface area contributed by atoms with E-state index in [1.165, 1.54) is 0 Å². The lowest BCUT2D eigenvalue weighted by molar-refractivity contribution is 0.0828. The van der Waals surface area contributed by atoms with Gasteiger partial charge in [0.05, 0.1) is 23.9 Å². The van der Waals surface area contributed by atoms with Gasteiger partial charge in [-0.05, 0) is 62.4 Å². The standard InChI is InChI=1S/C20H19N3O2S/c1-3-25-18-10-8-17(9-11-18)22-20-23(14(2)13-26-20)19(24)16-6-4-15(12-21)5-7-16/h4-11,14H,3,13H2,1-2H3/t14-/m1/s1. The first kappa shape index (κ1) is 18.0. The van der Waals surface area contributed by atoms with E-state index in [0.29, 0.717) is 22.9 Å². The molecule has 1 heterocycles. The second-order valence-corrected chi connectivity index (χ2v) is 6.83. The molecule has 0 aromatic heterocycles. The summed E-state index contributed by atoms with van der Waals surface area (Å²) in [5, 5.41) is 9.59. The van der Waals surface area contributed by atoms with Crippen LogP contribution in [0.4, 0.5) is 5.69 Å². The molecule has 26 heavy (non-hydrogen) atoms. The summed E-state index contributed by atoms with van der Waals surface area (Å²) in [5.74, 6) is 1.50. The second-order valence-electron chi connectivity index (χ2n) is 5.85. The third-order valence-corrected chi connectivity index (χ3v) is 5.15. The molecule has 5 nitrogen and oxygen atoms in total. The average Bonchev–Trinajstić information content (AvgIpc) is 3.03. The smallest absolute Gasteiger partial charge is 0.260 e. The molecule has 132 valence electrons. The summed E-state index contributed by atoms with van der Waals surface area (Å²) in [6, 6.07) is 16.3. The van der Waals surface area contributed by atoms with Crippen molar-refractivity contribution in [2.75, 3.05) is 12.4 Å². The SMILES string of the molecule is CCOc1ccc(N=C2SC[C@@H](C)N2C(=O)c2ccc(C#N)cc2)cc1. The summed E-state index contributed by atoms with van der Waals surface area (Å²) in [4.78, 5) is 19.3. The second kappa shape index (κ2) is 8.07. The molecule has 1 aliphatic rings. The fourth-order valence-electron chi connectivity index (χ4n) is 2.62. The highest BCUT2D eigenvalue weighted by Gasteiger charge is 2.32. The highest BCUT2D eigenvalue weighted by molar-refractivity contribution is 8.14. The van der Waals surface area contributed by atoms with Gasteiger partial charge in [0.25, 0.3) is 5.91 Å². The van der Waals surface area contributed by atoms with E-state index in [2.05, 4.69) is 11.1 Å². The zero-order valence-corrected chi connectivity index (χ0v) is 15.5. The van der Waals surface area contributed by atoms with Crippen molar-refractivity contribution in [1.29, 1.82) is 5.26 Å². The summed E-state index contributed by atoms with van der Waals surface area (Å²) < 4.78 is 5.44. The number of hydrogen-bond donors (Lipinski definition) is 0. The maximum atomic E-state index is 12.9. The topological polar surface area (TPSA) is 65.7 Å². The number of carbonyl (C=O) groups is 1. The first-order valence-corrected chi connectivity index (χ1v) is 9.39. The molecule has 1 aliphatic heterocycles.